The zero-order chi connectivity index (χ0) is 15.4. The molecule has 0 saturated carbocycles. The minimum absolute atomic E-state index is 0.820. The van der Waals surface area contributed by atoms with Gasteiger partial charge in [0.1, 0.15) is 11.5 Å². The summed E-state index contributed by atoms with van der Waals surface area (Å²) < 4.78 is 4.41. The van der Waals surface area contributed by atoms with Gasteiger partial charge in [-0.1, -0.05) is 24.3 Å². The molecule has 0 amide bonds. The first-order valence-electron chi connectivity index (χ1n) is 7.52. The number of aryl methyl sites for hydroxylation is 3. The molecule has 0 spiro atoms. The predicted octanol–water partition coefficient (Wildman–Crippen LogP) is 4.39. The summed E-state index contributed by atoms with van der Waals surface area (Å²) in [6.07, 6.45) is 2.10. The Morgan fingerprint density at radius 3 is 2.36 bits per heavy atom. The van der Waals surface area contributed by atoms with E-state index in [1.165, 1.54) is 27.7 Å². The Hall–Kier alpha value is -2.68. The number of hydrogen-bond acceptors (Lipinski definition) is 1. The number of para-hydroxylation sites is 1. The van der Waals surface area contributed by atoms with Crippen LogP contribution in [-0.2, 0) is 0 Å². The molecule has 3 heteroatoms. The van der Waals surface area contributed by atoms with Crippen LogP contribution in [0.15, 0.2) is 48.7 Å². The molecule has 0 bridgehead atoms. The maximum absolute atomic E-state index is 6.47. The van der Waals surface area contributed by atoms with Crippen molar-refractivity contribution in [2.75, 3.05) is 5.73 Å². The SMILES string of the molecule is Cc1cccc(C)c1-n1c(N)c(C)c2cc3ccccn3c21. The van der Waals surface area contributed by atoms with Crippen LogP contribution >= 0.6 is 0 Å². The largest absolute Gasteiger partial charge is 0.385 e. The lowest BCUT2D eigenvalue weighted by atomic mass is 10.1. The van der Waals surface area contributed by atoms with E-state index in [1.807, 2.05) is 0 Å². The van der Waals surface area contributed by atoms with Crippen molar-refractivity contribution in [3.63, 3.8) is 0 Å². The van der Waals surface area contributed by atoms with Gasteiger partial charge in [-0.25, -0.2) is 0 Å². The third-order valence-corrected chi connectivity index (χ3v) is 4.56. The van der Waals surface area contributed by atoms with Gasteiger partial charge in [-0.3, -0.25) is 4.57 Å². The molecule has 0 fully saturated rings. The smallest absolute Gasteiger partial charge is 0.131 e. The third kappa shape index (κ3) is 1.56. The second-order valence-corrected chi connectivity index (χ2v) is 5.96. The number of fused-ring (bicyclic) bond motifs is 3. The monoisotopic (exact) mass is 289 g/mol. The Labute approximate surface area is 129 Å². The van der Waals surface area contributed by atoms with Crippen LogP contribution in [0, 0.1) is 20.8 Å². The molecule has 0 aliphatic carbocycles. The fourth-order valence-electron chi connectivity index (χ4n) is 3.42. The van der Waals surface area contributed by atoms with Gasteiger partial charge in [-0.2, -0.15) is 0 Å². The predicted molar refractivity (Wildman–Crippen MR) is 92.9 cm³/mol. The van der Waals surface area contributed by atoms with Gasteiger partial charge >= 0.3 is 0 Å². The first-order chi connectivity index (χ1) is 10.6. The highest BCUT2D eigenvalue weighted by molar-refractivity contribution is 5.94. The Kier molecular flexibility index (Phi) is 2.61. The third-order valence-electron chi connectivity index (χ3n) is 4.56. The Morgan fingerprint density at radius 2 is 1.64 bits per heavy atom. The second kappa shape index (κ2) is 4.41. The van der Waals surface area contributed by atoms with Crippen LogP contribution in [0.4, 0.5) is 5.82 Å². The number of aromatic nitrogens is 2. The Bertz CT molecular complexity index is 998. The summed E-state index contributed by atoms with van der Waals surface area (Å²) in [5, 5.41) is 1.21. The van der Waals surface area contributed by atoms with E-state index >= 15 is 0 Å². The molecule has 3 heterocycles. The van der Waals surface area contributed by atoms with E-state index in [0.29, 0.717) is 0 Å². The van der Waals surface area contributed by atoms with Gasteiger partial charge in [-0.05, 0) is 50.1 Å². The van der Waals surface area contributed by atoms with Crippen molar-refractivity contribution < 1.29 is 0 Å². The number of pyridine rings is 1. The summed E-state index contributed by atoms with van der Waals surface area (Å²) in [4.78, 5) is 0. The zero-order valence-electron chi connectivity index (χ0n) is 13.1. The highest BCUT2D eigenvalue weighted by Gasteiger charge is 2.19. The molecule has 3 aromatic heterocycles. The van der Waals surface area contributed by atoms with Gasteiger partial charge in [0.25, 0.3) is 0 Å². The second-order valence-electron chi connectivity index (χ2n) is 5.96. The Morgan fingerprint density at radius 1 is 0.909 bits per heavy atom. The molecule has 0 saturated heterocycles. The molecule has 0 unspecified atom stereocenters. The van der Waals surface area contributed by atoms with Crippen LogP contribution in [0.5, 0.6) is 0 Å². The average molecular weight is 289 g/mol. The van der Waals surface area contributed by atoms with Crippen molar-refractivity contribution in [1.29, 1.82) is 0 Å². The van der Waals surface area contributed by atoms with Gasteiger partial charge in [-0.15, -0.1) is 0 Å². The Balaban J connectivity index is 2.24. The quantitative estimate of drug-likeness (QED) is 0.554. The van der Waals surface area contributed by atoms with Crippen molar-refractivity contribution >= 4 is 22.4 Å². The minimum Gasteiger partial charge on any atom is -0.385 e. The van der Waals surface area contributed by atoms with E-state index < -0.39 is 0 Å². The number of nitrogen functional groups attached to an aromatic ring is 1. The number of anilines is 1. The first-order valence-corrected chi connectivity index (χ1v) is 7.52. The molecule has 0 radical (unpaired) electrons. The number of benzene rings is 1. The molecule has 4 rings (SSSR count). The van der Waals surface area contributed by atoms with Crippen LogP contribution < -0.4 is 5.73 Å². The summed E-state index contributed by atoms with van der Waals surface area (Å²) in [7, 11) is 0. The van der Waals surface area contributed by atoms with Crippen LogP contribution in [0.2, 0.25) is 0 Å². The van der Waals surface area contributed by atoms with Gasteiger partial charge in [0.15, 0.2) is 0 Å². The van der Waals surface area contributed by atoms with Crippen LogP contribution in [0.25, 0.3) is 22.2 Å². The highest BCUT2D eigenvalue weighted by Crippen LogP contribution is 2.35. The molecule has 0 aliphatic rings. The highest BCUT2D eigenvalue weighted by atomic mass is 15.1. The van der Waals surface area contributed by atoms with E-state index in [4.69, 9.17) is 5.73 Å². The number of rotatable bonds is 1. The fourth-order valence-corrected chi connectivity index (χ4v) is 3.42. The van der Waals surface area contributed by atoms with Crippen molar-refractivity contribution in [3.8, 4) is 5.69 Å². The van der Waals surface area contributed by atoms with E-state index in [2.05, 4.69) is 78.4 Å². The van der Waals surface area contributed by atoms with Crippen LogP contribution in [-0.4, -0.2) is 8.97 Å². The van der Waals surface area contributed by atoms with Gasteiger partial charge < -0.3 is 10.1 Å². The van der Waals surface area contributed by atoms with Gasteiger partial charge in [0.2, 0.25) is 0 Å². The molecule has 2 N–H and O–H groups in total. The van der Waals surface area contributed by atoms with Crippen molar-refractivity contribution in [3.05, 3.63) is 65.4 Å². The summed E-state index contributed by atoms with van der Waals surface area (Å²) in [5.74, 6) is 0.820. The maximum Gasteiger partial charge on any atom is 0.131 e. The van der Waals surface area contributed by atoms with Crippen molar-refractivity contribution in [1.82, 2.24) is 8.97 Å². The summed E-state index contributed by atoms with van der Waals surface area (Å²) in [5.41, 5.74) is 13.6. The fraction of sp³-hybridized carbons (Fsp3) is 0.158. The average Bonchev–Trinajstić information content (AvgIpc) is 2.98. The standard InChI is InChI=1S/C19H19N3/c1-12-7-6-8-13(2)17(12)22-18(20)14(3)16-11-15-9-4-5-10-21(15)19(16)22/h4-11H,20H2,1-3H3. The normalized spacial score (nSPS) is 11.6. The van der Waals surface area contributed by atoms with Crippen LogP contribution in [0.1, 0.15) is 16.7 Å². The summed E-state index contributed by atoms with van der Waals surface area (Å²) >= 11 is 0. The molecule has 0 aliphatic heterocycles. The lowest BCUT2D eigenvalue weighted by Crippen LogP contribution is -2.06. The minimum atomic E-state index is 0.820. The number of hydrogen-bond donors (Lipinski definition) is 1. The van der Waals surface area contributed by atoms with Crippen LogP contribution in [0.3, 0.4) is 0 Å². The molecule has 1 aromatic carbocycles. The summed E-state index contributed by atoms with van der Waals surface area (Å²) in [6.45, 7) is 6.37. The lowest BCUT2D eigenvalue weighted by molar-refractivity contribution is 1.04. The van der Waals surface area contributed by atoms with Gasteiger partial charge in [0, 0.05) is 22.7 Å². The lowest BCUT2D eigenvalue weighted by Gasteiger charge is -2.15. The number of nitrogens with zero attached hydrogens (tertiary/aromatic N) is 2. The van der Waals surface area contributed by atoms with E-state index in [0.717, 1.165) is 17.0 Å². The molecule has 4 aromatic rings. The summed E-state index contributed by atoms with van der Waals surface area (Å²) in [6, 6.07) is 14.8. The topological polar surface area (TPSA) is 35.4 Å². The molecule has 3 nitrogen and oxygen atoms in total. The van der Waals surface area contributed by atoms with Crippen molar-refractivity contribution in [2.24, 2.45) is 0 Å². The molecular formula is C19H19N3. The van der Waals surface area contributed by atoms with E-state index in [-0.39, 0.29) is 0 Å². The number of nitrogens with two attached hydrogens (primary N) is 1. The first kappa shape index (κ1) is 13.0. The molecule has 110 valence electrons. The van der Waals surface area contributed by atoms with E-state index in [9.17, 15) is 0 Å². The van der Waals surface area contributed by atoms with E-state index in [1.54, 1.807) is 0 Å². The zero-order valence-corrected chi connectivity index (χ0v) is 13.1. The van der Waals surface area contributed by atoms with Crippen molar-refractivity contribution in [2.45, 2.75) is 20.8 Å². The maximum atomic E-state index is 6.47. The van der Waals surface area contributed by atoms with Gasteiger partial charge in [0.05, 0.1) is 5.69 Å². The molecular weight excluding hydrogens is 270 g/mol. The molecule has 0 atom stereocenters. The molecule has 22 heavy (non-hydrogen) atoms.